The molecule has 0 fully saturated rings. The molecule has 4 heteroatoms. The van der Waals surface area contributed by atoms with Crippen molar-refractivity contribution in [2.75, 3.05) is 13.6 Å². The highest BCUT2D eigenvalue weighted by atomic mass is 16.5. The van der Waals surface area contributed by atoms with E-state index in [1.54, 1.807) is 12.1 Å². The summed E-state index contributed by atoms with van der Waals surface area (Å²) < 4.78 is 5.99. The van der Waals surface area contributed by atoms with Crippen molar-refractivity contribution in [3.8, 4) is 11.5 Å². The predicted molar refractivity (Wildman–Crippen MR) is 108 cm³/mol. The van der Waals surface area contributed by atoms with Crippen LogP contribution in [0.25, 0.3) is 6.08 Å². The van der Waals surface area contributed by atoms with Crippen molar-refractivity contribution in [3.63, 3.8) is 0 Å². The molecule has 1 heterocycles. The molecule has 0 amide bonds. The number of aromatic hydroxyl groups is 1. The predicted octanol–water partition coefficient (Wildman–Crippen LogP) is 4.86. The monoisotopic (exact) mass is 365 g/mol. The van der Waals surface area contributed by atoms with E-state index in [4.69, 9.17) is 4.74 Å². The number of hydrogen-bond acceptors (Lipinski definition) is 4. The highest BCUT2D eigenvalue weighted by Crippen LogP contribution is 2.42. The second-order valence-corrected chi connectivity index (χ2v) is 7.34. The van der Waals surface area contributed by atoms with Gasteiger partial charge in [0.2, 0.25) is 5.78 Å². The topological polar surface area (TPSA) is 49.8 Å². The number of fused-ring (bicyclic) bond motifs is 1. The summed E-state index contributed by atoms with van der Waals surface area (Å²) in [6, 6.07) is 9.60. The van der Waals surface area contributed by atoms with Gasteiger partial charge in [-0.25, -0.2) is 0 Å². The number of phenols is 1. The van der Waals surface area contributed by atoms with Crippen molar-refractivity contribution < 1.29 is 14.6 Å². The molecule has 0 unspecified atom stereocenters. The van der Waals surface area contributed by atoms with E-state index < -0.39 is 0 Å². The first-order chi connectivity index (χ1) is 12.9. The van der Waals surface area contributed by atoms with Gasteiger partial charge in [-0.3, -0.25) is 4.79 Å². The molecule has 0 bridgehead atoms. The molecule has 27 heavy (non-hydrogen) atoms. The number of nitrogens with zero attached hydrogens (tertiary/aromatic N) is 1. The van der Waals surface area contributed by atoms with Gasteiger partial charge < -0.3 is 14.7 Å². The van der Waals surface area contributed by atoms with Gasteiger partial charge in [-0.1, -0.05) is 43.2 Å². The van der Waals surface area contributed by atoms with Crippen LogP contribution in [0.2, 0.25) is 0 Å². The first-order valence-corrected chi connectivity index (χ1v) is 9.45. The number of hydrogen-bond donors (Lipinski definition) is 1. The zero-order valence-electron chi connectivity index (χ0n) is 16.5. The minimum Gasteiger partial charge on any atom is -0.507 e. The fourth-order valence-corrected chi connectivity index (χ4v) is 3.42. The molecule has 2 aromatic rings. The van der Waals surface area contributed by atoms with Gasteiger partial charge in [0.25, 0.3) is 0 Å². The zero-order chi connectivity index (χ0) is 19.6. The highest BCUT2D eigenvalue weighted by Gasteiger charge is 2.33. The molecule has 0 aliphatic carbocycles. The normalized spacial score (nSPS) is 14.7. The maximum Gasteiger partial charge on any atom is 0.232 e. The lowest BCUT2D eigenvalue weighted by Crippen LogP contribution is -2.19. The summed E-state index contributed by atoms with van der Waals surface area (Å²) in [6.07, 6.45) is 3.97. The zero-order valence-corrected chi connectivity index (χ0v) is 16.5. The van der Waals surface area contributed by atoms with Gasteiger partial charge >= 0.3 is 0 Å². The number of Topliss-reactive ketones (excluding diaryl/α,β-unsaturated/α-hetero) is 1. The molecule has 1 aliphatic rings. The average molecular weight is 365 g/mol. The van der Waals surface area contributed by atoms with Crippen LogP contribution >= 0.6 is 0 Å². The van der Waals surface area contributed by atoms with E-state index in [2.05, 4.69) is 11.8 Å². The van der Waals surface area contributed by atoms with Crippen LogP contribution in [0, 0.1) is 13.8 Å². The van der Waals surface area contributed by atoms with Crippen molar-refractivity contribution in [2.24, 2.45) is 0 Å². The standard InChI is InChI=1S/C23H27NO3/c1-5-6-10-24(4)14-18-19(25)12-16(3)21-22(26)20(27-23(18)21)13-17-9-7-8-15(2)11-17/h7-9,11-13,25H,5-6,10,14H2,1-4H3/b20-13-. The van der Waals surface area contributed by atoms with Gasteiger partial charge in [0.15, 0.2) is 5.76 Å². The van der Waals surface area contributed by atoms with Gasteiger partial charge in [0.05, 0.1) is 11.1 Å². The molecule has 0 radical (unpaired) electrons. The van der Waals surface area contributed by atoms with E-state index in [0.29, 0.717) is 29.2 Å². The molecule has 3 rings (SSSR count). The molecule has 0 aromatic heterocycles. The van der Waals surface area contributed by atoms with Crippen molar-refractivity contribution in [2.45, 2.75) is 40.2 Å². The Morgan fingerprint density at radius 3 is 2.70 bits per heavy atom. The van der Waals surface area contributed by atoms with Crippen molar-refractivity contribution in [1.82, 2.24) is 4.90 Å². The average Bonchev–Trinajstić information content (AvgIpc) is 2.93. The van der Waals surface area contributed by atoms with Crippen molar-refractivity contribution in [1.29, 1.82) is 0 Å². The quantitative estimate of drug-likeness (QED) is 0.743. The number of benzene rings is 2. The van der Waals surface area contributed by atoms with Crippen LogP contribution in [0.15, 0.2) is 36.1 Å². The number of unbranched alkanes of at least 4 members (excludes halogenated alkanes) is 1. The largest absolute Gasteiger partial charge is 0.507 e. The number of ketones is 1. The molecule has 1 N–H and O–H groups in total. The smallest absolute Gasteiger partial charge is 0.232 e. The minimum absolute atomic E-state index is 0.124. The number of ether oxygens (including phenoxy) is 1. The first-order valence-electron chi connectivity index (χ1n) is 9.45. The van der Waals surface area contributed by atoms with E-state index in [9.17, 15) is 9.90 Å². The van der Waals surface area contributed by atoms with E-state index in [1.807, 2.05) is 45.2 Å². The Balaban J connectivity index is 1.97. The van der Waals surface area contributed by atoms with E-state index >= 15 is 0 Å². The number of phenolic OH excluding ortho intramolecular Hbond substituents is 1. The maximum atomic E-state index is 12.9. The lowest BCUT2D eigenvalue weighted by Gasteiger charge is -2.19. The van der Waals surface area contributed by atoms with Crippen molar-refractivity contribution in [3.05, 3.63) is 63.9 Å². The fraction of sp³-hybridized carbons (Fsp3) is 0.348. The summed E-state index contributed by atoms with van der Waals surface area (Å²) in [5.41, 5.74) is 4.02. The molecular weight excluding hydrogens is 338 g/mol. The Morgan fingerprint density at radius 2 is 2.00 bits per heavy atom. The highest BCUT2D eigenvalue weighted by molar-refractivity contribution is 6.15. The van der Waals surface area contributed by atoms with Crippen LogP contribution in [0.5, 0.6) is 11.5 Å². The molecule has 142 valence electrons. The summed E-state index contributed by atoms with van der Waals surface area (Å²) in [6.45, 7) is 7.47. The van der Waals surface area contributed by atoms with Gasteiger partial charge in [0, 0.05) is 6.54 Å². The number of allylic oxidation sites excluding steroid dienone is 1. The first kappa shape index (κ1) is 19.2. The van der Waals surface area contributed by atoms with Crippen LogP contribution in [0.3, 0.4) is 0 Å². The Labute approximate surface area is 161 Å². The number of rotatable bonds is 6. The Kier molecular flexibility index (Phi) is 5.66. The minimum atomic E-state index is -0.124. The second kappa shape index (κ2) is 7.97. The summed E-state index contributed by atoms with van der Waals surface area (Å²) >= 11 is 0. The molecule has 2 aromatic carbocycles. The van der Waals surface area contributed by atoms with Gasteiger partial charge in [-0.2, -0.15) is 0 Å². The van der Waals surface area contributed by atoms with Gasteiger partial charge in [-0.05, 0) is 57.1 Å². The van der Waals surface area contributed by atoms with E-state index in [1.165, 1.54) is 0 Å². The molecule has 4 nitrogen and oxygen atoms in total. The number of carbonyl (C=O) groups excluding carboxylic acids is 1. The maximum absolute atomic E-state index is 12.9. The molecular formula is C23H27NO3. The van der Waals surface area contributed by atoms with Crippen molar-refractivity contribution >= 4 is 11.9 Å². The summed E-state index contributed by atoms with van der Waals surface area (Å²) in [7, 11) is 2.02. The second-order valence-electron chi connectivity index (χ2n) is 7.34. The van der Waals surface area contributed by atoms with Crippen LogP contribution < -0.4 is 4.74 Å². The van der Waals surface area contributed by atoms with Gasteiger partial charge in [0.1, 0.15) is 11.5 Å². The third-order valence-electron chi connectivity index (χ3n) is 4.88. The SMILES string of the molecule is CCCCN(C)Cc1c(O)cc(C)c2c1O/C(=C\c1cccc(C)c1)C2=O. The molecule has 0 saturated carbocycles. The Bertz CT molecular complexity index is 899. The summed E-state index contributed by atoms with van der Waals surface area (Å²) in [5.74, 6) is 0.863. The number of carbonyl (C=O) groups is 1. The van der Waals surface area contributed by atoms with Gasteiger partial charge in [-0.15, -0.1) is 0 Å². The Morgan fingerprint density at radius 1 is 1.22 bits per heavy atom. The van der Waals surface area contributed by atoms with E-state index in [-0.39, 0.29) is 11.5 Å². The van der Waals surface area contributed by atoms with Crippen LogP contribution in [-0.4, -0.2) is 29.4 Å². The molecule has 0 spiro atoms. The lowest BCUT2D eigenvalue weighted by atomic mass is 9.99. The number of aryl methyl sites for hydroxylation is 2. The van der Waals surface area contributed by atoms with E-state index in [0.717, 1.165) is 36.1 Å². The fourth-order valence-electron chi connectivity index (χ4n) is 3.42. The molecule has 0 saturated heterocycles. The molecule has 0 atom stereocenters. The summed E-state index contributed by atoms with van der Waals surface area (Å²) in [4.78, 5) is 15.1. The third kappa shape index (κ3) is 4.06. The Hall–Kier alpha value is -2.59. The van der Waals surface area contributed by atoms with Crippen LogP contribution in [0.4, 0.5) is 0 Å². The van der Waals surface area contributed by atoms with Crippen LogP contribution in [-0.2, 0) is 6.54 Å². The summed E-state index contributed by atoms with van der Waals surface area (Å²) in [5, 5.41) is 10.5. The van der Waals surface area contributed by atoms with Crippen LogP contribution in [0.1, 0.15) is 52.4 Å². The lowest BCUT2D eigenvalue weighted by molar-refractivity contribution is 0.101. The molecule has 1 aliphatic heterocycles. The third-order valence-corrected chi connectivity index (χ3v) is 4.88.